The van der Waals surface area contributed by atoms with Gasteiger partial charge in [0.25, 0.3) is 5.91 Å². The minimum Gasteiger partial charge on any atom is -0.492 e. The molecule has 0 radical (unpaired) electrons. The van der Waals surface area contributed by atoms with Crippen LogP contribution >= 0.6 is 0 Å². The zero-order valence-corrected chi connectivity index (χ0v) is 17.6. The van der Waals surface area contributed by atoms with Crippen molar-refractivity contribution < 1.29 is 14.3 Å². The van der Waals surface area contributed by atoms with Gasteiger partial charge in [0.1, 0.15) is 18.1 Å². The van der Waals surface area contributed by atoms with Crippen LogP contribution in [0.15, 0.2) is 60.7 Å². The van der Waals surface area contributed by atoms with E-state index in [1.165, 1.54) is 5.39 Å². The van der Waals surface area contributed by atoms with Crippen molar-refractivity contribution in [3.63, 3.8) is 0 Å². The second kappa shape index (κ2) is 9.46. The predicted molar refractivity (Wildman–Crippen MR) is 118 cm³/mol. The van der Waals surface area contributed by atoms with Crippen molar-refractivity contribution in [1.29, 1.82) is 0 Å². The number of benzene rings is 3. The number of carbonyl (C=O) groups is 1. The number of aryl methyl sites for hydroxylation is 1. The smallest absolute Gasteiger partial charge is 0.260 e. The van der Waals surface area contributed by atoms with Crippen LogP contribution in [0.3, 0.4) is 0 Å². The molecule has 0 unspecified atom stereocenters. The largest absolute Gasteiger partial charge is 0.492 e. The van der Waals surface area contributed by atoms with E-state index < -0.39 is 6.10 Å². The van der Waals surface area contributed by atoms with Crippen LogP contribution in [0.4, 0.5) is 0 Å². The number of hydrogen-bond acceptors (Lipinski definition) is 3. The lowest BCUT2D eigenvalue weighted by Crippen LogP contribution is -2.38. The lowest BCUT2D eigenvalue weighted by Gasteiger charge is -2.19. The van der Waals surface area contributed by atoms with Gasteiger partial charge in [-0.25, -0.2) is 0 Å². The molecule has 0 aliphatic heterocycles. The van der Waals surface area contributed by atoms with Crippen LogP contribution in [0.25, 0.3) is 10.8 Å². The van der Waals surface area contributed by atoms with E-state index >= 15 is 0 Å². The molecule has 0 aliphatic rings. The number of amides is 1. The van der Waals surface area contributed by atoms with Crippen LogP contribution in [-0.2, 0) is 4.79 Å². The fourth-order valence-corrected chi connectivity index (χ4v) is 3.21. The summed E-state index contributed by atoms with van der Waals surface area (Å²) in [6, 6.07) is 20.3. The quantitative estimate of drug-likeness (QED) is 0.535. The number of nitrogens with one attached hydrogen (secondary N) is 1. The Bertz CT molecular complexity index is 981. The third-order valence-electron chi connectivity index (χ3n) is 4.85. The summed E-state index contributed by atoms with van der Waals surface area (Å²) in [7, 11) is 0. The summed E-state index contributed by atoms with van der Waals surface area (Å²) >= 11 is 0. The summed E-state index contributed by atoms with van der Waals surface area (Å²) in [5, 5.41) is 5.20. The summed E-state index contributed by atoms with van der Waals surface area (Å²) in [6.07, 6.45) is -0.574. The van der Waals surface area contributed by atoms with Gasteiger partial charge < -0.3 is 14.8 Å². The molecule has 0 aliphatic carbocycles. The highest BCUT2D eigenvalue weighted by Gasteiger charge is 2.17. The second-order valence-corrected chi connectivity index (χ2v) is 7.60. The van der Waals surface area contributed by atoms with Gasteiger partial charge in [-0.2, -0.15) is 0 Å². The molecular weight excluding hydrogens is 362 g/mol. The van der Waals surface area contributed by atoms with Gasteiger partial charge in [-0.05, 0) is 59.9 Å². The first-order valence-corrected chi connectivity index (χ1v) is 10.1. The first kappa shape index (κ1) is 20.7. The standard InChI is InChI=1S/C25H29NO3/c1-17(2)23-12-9-18(3)15-24(23)29-19(4)25(27)26-13-14-28-22-11-10-20-7-5-6-8-21(20)16-22/h5-12,15-17,19H,13-14H2,1-4H3,(H,26,27)/t19-/m0/s1. The Hall–Kier alpha value is -3.01. The van der Waals surface area contributed by atoms with Gasteiger partial charge in [0.05, 0.1) is 6.54 Å². The topological polar surface area (TPSA) is 47.6 Å². The molecule has 0 aromatic heterocycles. The van der Waals surface area contributed by atoms with Crippen molar-refractivity contribution in [1.82, 2.24) is 5.32 Å². The molecule has 1 amide bonds. The maximum absolute atomic E-state index is 12.4. The van der Waals surface area contributed by atoms with Crippen LogP contribution in [0.5, 0.6) is 11.5 Å². The summed E-state index contributed by atoms with van der Waals surface area (Å²) in [5.41, 5.74) is 2.22. The molecule has 0 heterocycles. The van der Waals surface area contributed by atoms with Gasteiger partial charge in [-0.3, -0.25) is 4.79 Å². The molecule has 3 aromatic rings. The molecule has 0 bridgehead atoms. The van der Waals surface area contributed by atoms with Crippen molar-refractivity contribution >= 4 is 16.7 Å². The molecule has 152 valence electrons. The minimum absolute atomic E-state index is 0.150. The van der Waals surface area contributed by atoms with Crippen molar-refractivity contribution in [3.8, 4) is 11.5 Å². The monoisotopic (exact) mass is 391 g/mol. The van der Waals surface area contributed by atoms with Crippen molar-refractivity contribution in [2.24, 2.45) is 0 Å². The lowest BCUT2D eigenvalue weighted by molar-refractivity contribution is -0.127. The first-order chi connectivity index (χ1) is 13.9. The molecule has 4 nitrogen and oxygen atoms in total. The SMILES string of the molecule is Cc1ccc(C(C)C)c(O[C@@H](C)C(=O)NCCOc2ccc3ccccc3c2)c1. The van der Waals surface area contributed by atoms with E-state index in [1.54, 1.807) is 6.92 Å². The van der Waals surface area contributed by atoms with Gasteiger partial charge in [-0.15, -0.1) is 0 Å². The second-order valence-electron chi connectivity index (χ2n) is 7.60. The zero-order chi connectivity index (χ0) is 20.8. The van der Waals surface area contributed by atoms with E-state index in [4.69, 9.17) is 9.47 Å². The van der Waals surface area contributed by atoms with Crippen LogP contribution in [0, 0.1) is 6.92 Å². The Morgan fingerprint density at radius 2 is 1.72 bits per heavy atom. The molecule has 0 saturated carbocycles. The van der Waals surface area contributed by atoms with Crippen LogP contribution in [0.1, 0.15) is 37.8 Å². The van der Waals surface area contributed by atoms with Crippen LogP contribution in [0.2, 0.25) is 0 Å². The normalized spacial score (nSPS) is 12.0. The first-order valence-electron chi connectivity index (χ1n) is 10.1. The summed E-state index contributed by atoms with van der Waals surface area (Å²) in [4.78, 5) is 12.4. The molecule has 29 heavy (non-hydrogen) atoms. The fraction of sp³-hybridized carbons (Fsp3) is 0.320. The van der Waals surface area contributed by atoms with Gasteiger partial charge in [0.2, 0.25) is 0 Å². The highest BCUT2D eigenvalue weighted by Crippen LogP contribution is 2.28. The maximum Gasteiger partial charge on any atom is 0.260 e. The average molecular weight is 392 g/mol. The molecule has 3 rings (SSSR count). The Labute approximate surface area is 172 Å². The summed E-state index contributed by atoms with van der Waals surface area (Å²) < 4.78 is 11.7. The number of ether oxygens (including phenoxy) is 2. The molecule has 0 spiro atoms. The number of hydrogen-bond donors (Lipinski definition) is 1. The molecular formula is C25H29NO3. The molecule has 1 atom stereocenters. The van der Waals surface area contributed by atoms with Gasteiger partial charge in [-0.1, -0.05) is 56.3 Å². The predicted octanol–water partition coefficient (Wildman–Crippen LogP) is 5.23. The number of fused-ring (bicyclic) bond motifs is 1. The Morgan fingerprint density at radius 3 is 2.48 bits per heavy atom. The highest BCUT2D eigenvalue weighted by molar-refractivity contribution is 5.83. The Balaban J connectivity index is 1.49. The fourth-order valence-electron chi connectivity index (χ4n) is 3.21. The van der Waals surface area contributed by atoms with Crippen LogP contribution in [-0.4, -0.2) is 25.2 Å². The van der Waals surface area contributed by atoms with Gasteiger partial charge in [0.15, 0.2) is 6.10 Å². The van der Waals surface area contributed by atoms with E-state index in [1.807, 2.05) is 43.3 Å². The van der Waals surface area contributed by atoms with E-state index in [-0.39, 0.29) is 5.91 Å². The van der Waals surface area contributed by atoms with Crippen LogP contribution < -0.4 is 14.8 Å². The van der Waals surface area contributed by atoms with E-state index in [0.717, 1.165) is 28.0 Å². The average Bonchev–Trinajstić information content (AvgIpc) is 2.70. The molecule has 0 saturated heterocycles. The molecule has 1 N–H and O–H groups in total. The Morgan fingerprint density at radius 1 is 0.966 bits per heavy atom. The molecule has 0 fully saturated rings. The highest BCUT2D eigenvalue weighted by atomic mass is 16.5. The van der Waals surface area contributed by atoms with E-state index in [0.29, 0.717) is 19.1 Å². The summed E-state index contributed by atoms with van der Waals surface area (Å²) in [6.45, 7) is 8.85. The Kier molecular flexibility index (Phi) is 6.76. The third-order valence-corrected chi connectivity index (χ3v) is 4.85. The molecule has 3 aromatic carbocycles. The molecule has 4 heteroatoms. The minimum atomic E-state index is -0.574. The number of carbonyl (C=O) groups excluding carboxylic acids is 1. The maximum atomic E-state index is 12.4. The van der Waals surface area contributed by atoms with Crippen molar-refractivity contribution in [3.05, 3.63) is 71.8 Å². The third kappa shape index (κ3) is 5.50. The summed E-state index contributed by atoms with van der Waals surface area (Å²) in [5.74, 6) is 1.75. The van der Waals surface area contributed by atoms with Gasteiger partial charge in [0, 0.05) is 0 Å². The zero-order valence-electron chi connectivity index (χ0n) is 17.6. The van der Waals surface area contributed by atoms with Crippen molar-refractivity contribution in [2.45, 2.75) is 39.7 Å². The number of rotatable bonds is 8. The van der Waals surface area contributed by atoms with E-state index in [2.05, 4.69) is 43.4 Å². The lowest BCUT2D eigenvalue weighted by atomic mass is 10.0. The van der Waals surface area contributed by atoms with Gasteiger partial charge >= 0.3 is 0 Å². The van der Waals surface area contributed by atoms with Crippen molar-refractivity contribution in [2.75, 3.05) is 13.2 Å². The van der Waals surface area contributed by atoms with E-state index in [9.17, 15) is 4.79 Å².